The van der Waals surface area contributed by atoms with Crippen molar-refractivity contribution in [2.75, 3.05) is 24.6 Å². The maximum absolute atomic E-state index is 16.1. The molecule has 3 heterocycles. The van der Waals surface area contributed by atoms with Gasteiger partial charge in [0.1, 0.15) is 29.2 Å². The molecular weight excluding hydrogens is 573 g/mol. The summed E-state index contributed by atoms with van der Waals surface area (Å²) in [4.78, 5) is 52.1. The van der Waals surface area contributed by atoms with Gasteiger partial charge in [-0.05, 0) is 31.9 Å². The first-order chi connectivity index (χ1) is 20.5. The Bertz CT molecular complexity index is 1950. The Morgan fingerprint density at radius 3 is 2.40 bits per heavy atom. The van der Waals surface area contributed by atoms with Gasteiger partial charge in [-0.2, -0.15) is 0 Å². The number of aromatic nitrogens is 2. The van der Waals surface area contributed by atoms with Crippen LogP contribution in [0.5, 0.6) is 5.75 Å². The highest BCUT2D eigenvalue weighted by Gasteiger charge is 2.36. The average molecular weight is 599 g/mol. The van der Waals surface area contributed by atoms with Gasteiger partial charge in [-0.1, -0.05) is 0 Å². The topological polar surface area (TPSA) is 154 Å². The van der Waals surface area contributed by atoms with Gasteiger partial charge in [0.25, 0.3) is 0 Å². The smallest absolute Gasteiger partial charge is 0.341 e. The number of pyridine rings is 2. The predicted molar refractivity (Wildman–Crippen MR) is 149 cm³/mol. The van der Waals surface area contributed by atoms with Crippen LogP contribution in [0.4, 0.5) is 18.9 Å². The number of rotatable bonds is 7. The number of benzene rings is 2. The zero-order chi connectivity index (χ0) is 30.7. The fraction of sp³-hybridized carbons (Fsp3) is 0.310. The number of fused-ring (bicyclic) bond motifs is 2. The number of carbonyl (C=O) groups is 2. The minimum absolute atomic E-state index is 0.00359. The summed E-state index contributed by atoms with van der Waals surface area (Å²) in [5.41, 5.74) is -3.89. The first-order valence-corrected chi connectivity index (χ1v) is 13.5. The molecule has 6 rings (SSSR count). The second kappa shape index (κ2) is 10.5. The number of hydrogen-bond donors (Lipinski definition) is 4. The van der Waals surface area contributed by atoms with E-state index in [1.807, 2.05) is 0 Å². The first kappa shape index (κ1) is 28.3. The van der Waals surface area contributed by atoms with E-state index in [4.69, 9.17) is 9.84 Å². The summed E-state index contributed by atoms with van der Waals surface area (Å²) >= 11 is 0. The van der Waals surface area contributed by atoms with Gasteiger partial charge in [0, 0.05) is 49.0 Å². The summed E-state index contributed by atoms with van der Waals surface area (Å²) in [5.74, 6) is -6.97. The summed E-state index contributed by atoms with van der Waals surface area (Å²) in [7, 11) is 0. The molecule has 1 saturated carbocycles. The maximum Gasteiger partial charge on any atom is 0.341 e. The van der Waals surface area contributed by atoms with Crippen LogP contribution < -0.4 is 25.8 Å². The summed E-state index contributed by atoms with van der Waals surface area (Å²) in [6.07, 6.45) is 3.22. The van der Waals surface area contributed by atoms with Crippen molar-refractivity contribution in [3.8, 4) is 5.75 Å². The number of nitrogens with zero attached hydrogens (tertiary/aromatic N) is 2. The molecular formula is C29H25F3N4O7. The summed E-state index contributed by atoms with van der Waals surface area (Å²) in [6.45, 7) is 1.87. The van der Waals surface area contributed by atoms with E-state index in [0.29, 0.717) is 24.1 Å². The van der Waals surface area contributed by atoms with Crippen LogP contribution in [-0.4, -0.2) is 63.5 Å². The molecule has 1 aliphatic carbocycles. The molecule has 0 unspecified atom stereocenters. The largest absolute Gasteiger partial charge is 0.492 e. The number of halogens is 3. The number of aromatic amines is 1. The lowest BCUT2D eigenvalue weighted by Gasteiger charge is -2.39. The third kappa shape index (κ3) is 4.86. The molecule has 0 spiro atoms. The van der Waals surface area contributed by atoms with Gasteiger partial charge in [0.15, 0.2) is 17.5 Å². The molecule has 2 fully saturated rings. The number of H-pyrrole nitrogens is 1. The fourth-order valence-electron chi connectivity index (χ4n) is 5.66. The quantitative estimate of drug-likeness (QED) is 0.235. The molecule has 0 bridgehead atoms. The SMILES string of the molecule is C[C@@H]1CN(c2c(F)c(F)c3c(=O)c(C(=O)O)cn(C4CC4)c3c2F)C[C@H](COc2ccc3c(=O)c(C(=O)O)c[nH]c3c2)N1. The zero-order valence-electron chi connectivity index (χ0n) is 22.6. The number of ether oxygens (including phenoxy) is 1. The molecule has 2 aromatic heterocycles. The van der Waals surface area contributed by atoms with Gasteiger partial charge in [0.2, 0.25) is 10.9 Å². The van der Waals surface area contributed by atoms with Crippen LogP contribution in [0.2, 0.25) is 0 Å². The summed E-state index contributed by atoms with van der Waals surface area (Å²) < 4.78 is 54.3. The van der Waals surface area contributed by atoms with Crippen LogP contribution in [-0.2, 0) is 0 Å². The van der Waals surface area contributed by atoms with Crippen LogP contribution in [0.25, 0.3) is 21.8 Å². The normalized spacial score (nSPS) is 18.7. The number of hydrogen-bond acceptors (Lipinski definition) is 7. The van der Waals surface area contributed by atoms with Gasteiger partial charge < -0.3 is 34.7 Å². The van der Waals surface area contributed by atoms with Crippen LogP contribution in [0.3, 0.4) is 0 Å². The number of carboxylic acid groups (broad SMARTS) is 2. The number of anilines is 1. The van der Waals surface area contributed by atoms with Crippen molar-refractivity contribution in [2.24, 2.45) is 0 Å². The average Bonchev–Trinajstić information content (AvgIpc) is 3.80. The molecule has 2 aliphatic rings. The number of carboxylic acids is 2. The first-order valence-electron chi connectivity index (χ1n) is 13.5. The van der Waals surface area contributed by atoms with Gasteiger partial charge in [-0.15, -0.1) is 0 Å². The molecule has 11 nitrogen and oxygen atoms in total. The van der Waals surface area contributed by atoms with Crippen molar-refractivity contribution in [3.63, 3.8) is 0 Å². The van der Waals surface area contributed by atoms with Gasteiger partial charge in [-0.25, -0.2) is 22.8 Å². The second-order valence-corrected chi connectivity index (χ2v) is 10.9. The Kier molecular flexibility index (Phi) is 6.87. The van der Waals surface area contributed by atoms with E-state index in [1.165, 1.54) is 27.7 Å². The fourth-order valence-corrected chi connectivity index (χ4v) is 5.66. The van der Waals surface area contributed by atoms with Crippen molar-refractivity contribution >= 4 is 39.4 Å². The summed E-state index contributed by atoms with van der Waals surface area (Å²) in [6, 6.07) is 3.29. The van der Waals surface area contributed by atoms with E-state index in [1.54, 1.807) is 6.92 Å². The van der Waals surface area contributed by atoms with E-state index in [0.717, 1.165) is 12.4 Å². The zero-order valence-corrected chi connectivity index (χ0v) is 22.6. The number of piperazine rings is 1. The second-order valence-electron chi connectivity index (χ2n) is 10.9. The Morgan fingerprint density at radius 2 is 1.72 bits per heavy atom. The van der Waals surface area contributed by atoms with Crippen molar-refractivity contribution in [2.45, 2.75) is 37.9 Å². The molecule has 0 amide bonds. The van der Waals surface area contributed by atoms with Crippen molar-refractivity contribution < 1.29 is 37.7 Å². The van der Waals surface area contributed by atoms with Gasteiger partial charge in [-0.3, -0.25) is 9.59 Å². The highest BCUT2D eigenvalue weighted by molar-refractivity contribution is 5.94. The summed E-state index contributed by atoms with van der Waals surface area (Å²) in [5, 5.41) is 21.1. The lowest BCUT2D eigenvalue weighted by Crippen LogP contribution is -2.58. The molecule has 1 saturated heterocycles. The molecule has 2 aromatic carbocycles. The lowest BCUT2D eigenvalue weighted by molar-refractivity contribution is 0.0684. The number of aromatic carboxylic acids is 2. The molecule has 4 aromatic rings. The van der Waals surface area contributed by atoms with E-state index in [-0.39, 0.29) is 37.2 Å². The molecule has 4 N–H and O–H groups in total. The van der Waals surface area contributed by atoms with Crippen molar-refractivity contribution in [1.29, 1.82) is 0 Å². The molecule has 43 heavy (non-hydrogen) atoms. The minimum atomic E-state index is -1.62. The van der Waals surface area contributed by atoms with E-state index < -0.39 is 74.0 Å². The molecule has 1 aliphatic heterocycles. The highest BCUT2D eigenvalue weighted by Crippen LogP contribution is 2.40. The van der Waals surface area contributed by atoms with Crippen molar-refractivity contribution in [3.05, 3.63) is 79.6 Å². The molecule has 224 valence electrons. The third-order valence-electron chi connectivity index (χ3n) is 7.75. The minimum Gasteiger partial charge on any atom is -0.492 e. The molecule has 14 heteroatoms. The Morgan fingerprint density at radius 1 is 1.00 bits per heavy atom. The molecule has 2 atom stereocenters. The van der Waals surface area contributed by atoms with Crippen LogP contribution in [0, 0.1) is 17.5 Å². The van der Waals surface area contributed by atoms with Gasteiger partial charge in [0.05, 0.1) is 22.5 Å². The van der Waals surface area contributed by atoms with E-state index in [2.05, 4.69) is 10.3 Å². The predicted octanol–water partition coefficient (Wildman–Crippen LogP) is 3.24. The Balaban J connectivity index is 1.31. The van der Waals surface area contributed by atoms with Crippen molar-refractivity contribution in [1.82, 2.24) is 14.9 Å². The van der Waals surface area contributed by atoms with Crippen LogP contribution in [0.1, 0.15) is 46.5 Å². The number of nitrogens with one attached hydrogen (secondary N) is 2. The monoisotopic (exact) mass is 598 g/mol. The van der Waals surface area contributed by atoms with Gasteiger partial charge >= 0.3 is 11.9 Å². The van der Waals surface area contributed by atoms with E-state index >= 15 is 13.2 Å². The lowest BCUT2D eigenvalue weighted by atomic mass is 10.1. The standard InChI is InChI=1S/C29H25F3N4O7/c1-12-8-35(9-13(34-12)11-43-15-4-5-16-19(6-15)33-7-17(26(16)37)28(39)40)25-22(31)21(30)20-24(23(25)32)36(14-2-3-14)10-18(27(20)38)29(41)42/h4-7,10,12-14,34H,2-3,8-9,11H2,1H3,(H,33,37)(H,39,40)(H,41,42)/t12-,13-/m1/s1. The maximum atomic E-state index is 16.1. The Hall–Kier alpha value is -4.85. The Labute approximate surface area is 240 Å². The highest BCUT2D eigenvalue weighted by atomic mass is 19.2. The van der Waals surface area contributed by atoms with E-state index in [9.17, 15) is 24.3 Å². The third-order valence-corrected chi connectivity index (χ3v) is 7.75. The van der Waals surface area contributed by atoms with Crippen LogP contribution >= 0.6 is 0 Å². The molecule has 0 radical (unpaired) electrons. The van der Waals surface area contributed by atoms with Crippen LogP contribution in [0.15, 0.2) is 40.2 Å².